The van der Waals surface area contributed by atoms with E-state index in [0.29, 0.717) is 23.8 Å². The van der Waals surface area contributed by atoms with Gasteiger partial charge in [0, 0.05) is 29.0 Å². The second-order valence-corrected chi connectivity index (χ2v) is 12.2. The summed E-state index contributed by atoms with van der Waals surface area (Å²) in [6.07, 6.45) is -17.6. The van der Waals surface area contributed by atoms with Gasteiger partial charge in [0.2, 0.25) is 0 Å². The number of fused-ring (bicyclic) bond motifs is 1. The Hall–Kier alpha value is -5.35. The molecule has 2 aliphatic rings. The third kappa shape index (κ3) is 6.59. The van der Waals surface area contributed by atoms with Gasteiger partial charge >= 0.3 is 30.6 Å². The first-order chi connectivity index (χ1) is 24.2. The van der Waals surface area contributed by atoms with Gasteiger partial charge in [-0.3, -0.25) is 9.88 Å². The number of hydrogen-bond acceptors (Lipinski definition) is 5. The Morgan fingerprint density at radius 3 is 2.06 bits per heavy atom. The lowest BCUT2D eigenvalue weighted by Gasteiger charge is -2.26. The van der Waals surface area contributed by atoms with Crippen molar-refractivity contribution in [2.24, 2.45) is 0 Å². The second-order valence-electron chi connectivity index (χ2n) is 12.2. The molecule has 0 saturated carbocycles. The number of aromatic carboxylic acids is 1. The highest BCUT2D eigenvalue weighted by Crippen LogP contribution is 2.52. The molecule has 0 unspecified atom stereocenters. The van der Waals surface area contributed by atoms with E-state index >= 15 is 4.39 Å². The van der Waals surface area contributed by atoms with Gasteiger partial charge in [-0.2, -0.15) is 39.5 Å². The average molecular weight is 743 g/mol. The van der Waals surface area contributed by atoms with Crippen molar-refractivity contribution in [2.75, 3.05) is 7.11 Å². The minimum Gasteiger partial charge on any atom is -0.496 e. The van der Waals surface area contributed by atoms with Crippen molar-refractivity contribution < 1.29 is 68.1 Å². The fourth-order valence-corrected chi connectivity index (χ4v) is 6.75. The number of alkyl halides is 9. The Labute approximate surface area is 287 Å². The predicted molar refractivity (Wildman–Crippen MR) is 162 cm³/mol. The van der Waals surface area contributed by atoms with E-state index in [0.717, 1.165) is 17.2 Å². The van der Waals surface area contributed by atoms with Gasteiger partial charge in [0.05, 0.1) is 35.9 Å². The van der Waals surface area contributed by atoms with Crippen molar-refractivity contribution in [1.29, 1.82) is 0 Å². The highest BCUT2D eigenvalue weighted by Gasteiger charge is 2.52. The number of carboxylic acid groups (broad SMARTS) is 1. The van der Waals surface area contributed by atoms with Crippen molar-refractivity contribution in [3.63, 3.8) is 0 Å². The van der Waals surface area contributed by atoms with Crippen molar-refractivity contribution >= 4 is 12.1 Å². The minimum absolute atomic E-state index is 0.0112. The molecule has 52 heavy (non-hydrogen) atoms. The molecule has 0 bridgehead atoms. The SMILES string of the molecule is COc1cc(F)c(-c2ccc(C(=O)O)cc2C)cc1-c1cnc(C(F)(F)F)cc1[C@@H]1CC[C@H]2[C@@H](c3cc(C(F)(F)F)cc(C(F)(F)F)c3)OC(=O)N12. The largest absolute Gasteiger partial charge is 0.496 e. The van der Waals surface area contributed by atoms with Gasteiger partial charge in [-0.15, -0.1) is 0 Å². The van der Waals surface area contributed by atoms with Crippen LogP contribution in [0.15, 0.2) is 60.8 Å². The number of ether oxygens (including phenoxy) is 2. The molecule has 274 valence electrons. The van der Waals surface area contributed by atoms with Crippen LogP contribution in [0.4, 0.5) is 48.7 Å². The van der Waals surface area contributed by atoms with E-state index in [2.05, 4.69) is 4.98 Å². The van der Waals surface area contributed by atoms with Crippen LogP contribution in [0, 0.1) is 12.7 Å². The summed E-state index contributed by atoms with van der Waals surface area (Å²) in [5.74, 6) is -2.24. The van der Waals surface area contributed by atoms with Crippen LogP contribution < -0.4 is 4.74 Å². The van der Waals surface area contributed by atoms with Crippen LogP contribution in [0.1, 0.15) is 68.9 Å². The Bertz CT molecular complexity index is 2060. The van der Waals surface area contributed by atoms with Gasteiger partial charge in [-0.05, 0) is 84.5 Å². The number of aromatic nitrogens is 1. The first-order valence-electron chi connectivity index (χ1n) is 15.3. The first-order valence-corrected chi connectivity index (χ1v) is 15.3. The molecule has 2 saturated heterocycles. The number of amides is 1. The zero-order chi connectivity index (χ0) is 38.1. The Kier molecular flexibility index (Phi) is 8.90. The molecule has 3 heterocycles. The zero-order valence-electron chi connectivity index (χ0n) is 26.7. The van der Waals surface area contributed by atoms with Gasteiger partial charge in [0.1, 0.15) is 23.4 Å². The van der Waals surface area contributed by atoms with Crippen molar-refractivity contribution in [3.8, 4) is 28.0 Å². The van der Waals surface area contributed by atoms with E-state index in [4.69, 9.17) is 9.47 Å². The van der Waals surface area contributed by atoms with Crippen LogP contribution >= 0.6 is 0 Å². The third-order valence-corrected chi connectivity index (χ3v) is 9.08. The maximum atomic E-state index is 15.5. The first kappa shape index (κ1) is 36.4. The summed E-state index contributed by atoms with van der Waals surface area (Å²) in [4.78, 5) is 29.3. The van der Waals surface area contributed by atoms with Gasteiger partial charge in [0.25, 0.3) is 0 Å². The second kappa shape index (κ2) is 12.7. The van der Waals surface area contributed by atoms with E-state index in [1.54, 1.807) is 0 Å². The summed E-state index contributed by atoms with van der Waals surface area (Å²) >= 11 is 0. The molecular formula is C35H24F10N2O5. The highest BCUT2D eigenvalue weighted by molar-refractivity contribution is 5.89. The van der Waals surface area contributed by atoms with Gasteiger partial charge < -0.3 is 14.6 Å². The molecule has 0 radical (unpaired) electrons. The van der Waals surface area contributed by atoms with Crippen LogP contribution in [-0.2, 0) is 23.3 Å². The lowest BCUT2D eigenvalue weighted by Crippen LogP contribution is -2.31. The number of halogens is 10. The van der Waals surface area contributed by atoms with Gasteiger partial charge in [-0.25, -0.2) is 14.0 Å². The van der Waals surface area contributed by atoms with Crippen LogP contribution in [0.3, 0.4) is 0 Å². The Balaban J connectivity index is 1.48. The van der Waals surface area contributed by atoms with E-state index in [9.17, 15) is 54.2 Å². The maximum Gasteiger partial charge on any atom is 0.433 e. The van der Waals surface area contributed by atoms with Crippen molar-refractivity contribution in [3.05, 3.63) is 106 Å². The predicted octanol–water partition coefficient (Wildman–Crippen LogP) is 10.0. The molecular weight excluding hydrogens is 718 g/mol. The number of carboxylic acids is 1. The van der Waals surface area contributed by atoms with E-state index in [-0.39, 0.29) is 58.0 Å². The Morgan fingerprint density at radius 1 is 0.846 bits per heavy atom. The molecule has 1 aromatic heterocycles. The standard InChI is InChI=1S/C35H24F10N2O5/c1-15-7-16(31(48)49)3-4-20(15)21-11-23(28(51-2)13-25(21)36)24-14-46-29(35(43,44)45)12-22(24)26-5-6-27-30(52-32(50)47(26)27)17-8-18(33(37,38)39)10-19(9-17)34(40,41)42/h3-4,7-14,26-27,30H,5-6H2,1-2H3,(H,48,49)/t26-,27-,30+/m0/s1. The fourth-order valence-electron chi connectivity index (χ4n) is 6.75. The fraction of sp³-hybridized carbons (Fsp3) is 0.286. The van der Waals surface area contributed by atoms with Gasteiger partial charge in [-0.1, -0.05) is 6.07 Å². The molecule has 7 nitrogen and oxygen atoms in total. The number of cyclic esters (lactones) is 1. The number of aryl methyl sites for hydroxylation is 1. The number of benzene rings is 3. The third-order valence-electron chi connectivity index (χ3n) is 9.08. The molecule has 17 heteroatoms. The summed E-state index contributed by atoms with van der Waals surface area (Å²) in [5.41, 5.74) is -5.11. The molecule has 3 atom stereocenters. The molecule has 2 fully saturated rings. The van der Waals surface area contributed by atoms with E-state index in [1.807, 2.05) is 0 Å². The summed E-state index contributed by atoms with van der Waals surface area (Å²) in [7, 11) is 1.17. The molecule has 6 rings (SSSR count). The maximum absolute atomic E-state index is 15.5. The molecule has 4 aromatic rings. The van der Waals surface area contributed by atoms with Crippen molar-refractivity contribution in [2.45, 2.75) is 56.5 Å². The summed E-state index contributed by atoms with van der Waals surface area (Å²) in [5, 5.41) is 9.35. The smallest absolute Gasteiger partial charge is 0.433 e. The number of methoxy groups -OCH3 is 1. The van der Waals surface area contributed by atoms with Crippen LogP contribution in [0.5, 0.6) is 5.75 Å². The van der Waals surface area contributed by atoms with Crippen LogP contribution in [0.2, 0.25) is 0 Å². The lowest BCUT2D eigenvalue weighted by molar-refractivity contribution is -0.143. The number of pyridine rings is 1. The normalized spacial score (nSPS) is 19.1. The number of carbonyl (C=O) groups is 2. The Morgan fingerprint density at radius 2 is 1.50 bits per heavy atom. The molecule has 3 aromatic carbocycles. The minimum atomic E-state index is -5.19. The summed E-state index contributed by atoms with van der Waals surface area (Å²) in [6.45, 7) is 1.52. The number of nitrogens with zero attached hydrogens (tertiary/aromatic N) is 2. The molecule has 1 amide bonds. The lowest BCUT2D eigenvalue weighted by atomic mass is 9.90. The number of carbonyl (C=O) groups excluding carboxylic acids is 1. The zero-order valence-corrected chi connectivity index (χ0v) is 26.7. The molecule has 0 spiro atoms. The van der Waals surface area contributed by atoms with Crippen molar-refractivity contribution in [1.82, 2.24) is 9.88 Å². The molecule has 2 aliphatic heterocycles. The summed E-state index contributed by atoms with van der Waals surface area (Å²) in [6, 6.07) is 5.08. The monoisotopic (exact) mass is 742 g/mol. The van der Waals surface area contributed by atoms with Gasteiger partial charge in [0.15, 0.2) is 0 Å². The summed E-state index contributed by atoms with van der Waals surface area (Å²) < 4.78 is 150. The number of hydrogen-bond donors (Lipinski definition) is 1. The van der Waals surface area contributed by atoms with Crippen LogP contribution in [0.25, 0.3) is 22.3 Å². The molecule has 0 aliphatic carbocycles. The van der Waals surface area contributed by atoms with Crippen LogP contribution in [-0.4, -0.2) is 40.2 Å². The van der Waals surface area contributed by atoms with E-state index < -0.39 is 77.0 Å². The highest BCUT2D eigenvalue weighted by atomic mass is 19.4. The topological polar surface area (TPSA) is 89.0 Å². The average Bonchev–Trinajstić information content (AvgIpc) is 3.64. The molecule has 1 N–H and O–H groups in total. The quantitative estimate of drug-likeness (QED) is 0.198. The van der Waals surface area contributed by atoms with E-state index in [1.165, 1.54) is 38.3 Å². The number of rotatable bonds is 6.